The van der Waals surface area contributed by atoms with Gasteiger partial charge in [0.2, 0.25) is 0 Å². The van der Waals surface area contributed by atoms with Crippen molar-refractivity contribution in [2.45, 2.75) is 122 Å². The van der Waals surface area contributed by atoms with Gasteiger partial charge < -0.3 is 44.9 Å². The molecule has 0 unspecified atom stereocenters. The van der Waals surface area contributed by atoms with Crippen molar-refractivity contribution in [1.82, 2.24) is 0 Å². The fourth-order valence-electron chi connectivity index (χ4n) is 3.08. The fourth-order valence-corrected chi connectivity index (χ4v) is 3.08. The molecule has 0 spiro atoms. The van der Waals surface area contributed by atoms with Gasteiger partial charge in [0.25, 0.3) is 0 Å². The molecule has 0 saturated carbocycles. The number of aliphatic hydroxyl groups excluding tert-OH is 5. The maximum absolute atomic E-state index is 11.5. The molecule has 0 aliphatic carbocycles. The first-order valence-electron chi connectivity index (χ1n) is 13.1. The van der Waals surface area contributed by atoms with E-state index in [0.717, 1.165) is 12.8 Å². The molecule has 220 valence electrons. The van der Waals surface area contributed by atoms with E-state index < -0.39 is 20.0 Å². The van der Waals surface area contributed by atoms with Gasteiger partial charge in [-0.2, -0.15) is 0 Å². The van der Waals surface area contributed by atoms with Crippen LogP contribution in [0.25, 0.3) is 0 Å². The third kappa shape index (κ3) is 43.5. The zero-order chi connectivity index (χ0) is 28.1. The summed E-state index contributed by atoms with van der Waals surface area (Å²) in [5, 5.41) is 41.7. The van der Waals surface area contributed by atoms with Gasteiger partial charge in [0.05, 0.1) is 26.4 Å². The SMILES string of the molecule is CCCCCCCCCCCCCCCCCC(=O)OC(CO)CO.O=P(O)(O)O.OCC(O)CO. The highest BCUT2D eigenvalue weighted by Crippen LogP contribution is 2.25. The molecule has 0 aliphatic heterocycles. The summed E-state index contributed by atoms with van der Waals surface area (Å²) >= 11 is 0. The van der Waals surface area contributed by atoms with Gasteiger partial charge in [-0.25, -0.2) is 4.57 Å². The number of aliphatic hydroxyl groups is 5. The summed E-state index contributed by atoms with van der Waals surface area (Å²) in [6, 6.07) is 0. The van der Waals surface area contributed by atoms with E-state index in [9.17, 15) is 4.79 Å². The fraction of sp³-hybridized carbons (Fsp3) is 0.958. The van der Waals surface area contributed by atoms with Crippen molar-refractivity contribution < 1.29 is 54.3 Å². The number of phosphoric acid groups is 1. The zero-order valence-corrected chi connectivity index (χ0v) is 22.9. The summed E-state index contributed by atoms with van der Waals surface area (Å²) in [5.41, 5.74) is 0. The maximum Gasteiger partial charge on any atom is 0.466 e. The predicted octanol–water partition coefficient (Wildman–Crippen LogP) is 2.55. The molecule has 11 nitrogen and oxygen atoms in total. The molecule has 0 heterocycles. The average molecular weight is 549 g/mol. The number of carbonyl (C=O) groups is 1. The maximum atomic E-state index is 11.5. The number of hydrogen-bond donors (Lipinski definition) is 8. The third-order valence-electron chi connectivity index (χ3n) is 5.11. The van der Waals surface area contributed by atoms with Crippen LogP contribution in [0.3, 0.4) is 0 Å². The van der Waals surface area contributed by atoms with Crippen molar-refractivity contribution in [2.24, 2.45) is 0 Å². The van der Waals surface area contributed by atoms with Crippen LogP contribution >= 0.6 is 7.82 Å². The van der Waals surface area contributed by atoms with E-state index in [1.165, 1.54) is 83.5 Å². The molecular formula is C24H53O11P. The molecule has 0 amide bonds. The van der Waals surface area contributed by atoms with Crippen LogP contribution in [0.5, 0.6) is 0 Å². The van der Waals surface area contributed by atoms with Crippen molar-refractivity contribution in [3.63, 3.8) is 0 Å². The lowest BCUT2D eigenvalue weighted by atomic mass is 10.0. The number of ether oxygens (including phenoxy) is 1. The summed E-state index contributed by atoms with van der Waals surface area (Å²) in [4.78, 5) is 33.0. The minimum atomic E-state index is -4.64. The lowest BCUT2D eigenvalue weighted by Crippen LogP contribution is -2.25. The van der Waals surface area contributed by atoms with Crippen molar-refractivity contribution in [3.05, 3.63) is 0 Å². The first-order valence-corrected chi connectivity index (χ1v) is 14.7. The monoisotopic (exact) mass is 548 g/mol. The van der Waals surface area contributed by atoms with Crippen LogP contribution in [0, 0.1) is 0 Å². The Morgan fingerprint density at radius 2 is 0.944 bits per heavy atom. The van der Waals surface area contributed by atoms with Gasteiger partial charge in [-0.15, -0.1) is 0 Å². The Kier molecular flexibility index (Phi) is 33.9. The summed E-state index contributed by atoms with van der Waals surface area (Å²) in [7, 11) is -4.64. The van der Waals surface area contributed by atoms with Gasteiger partial charge in [0.15, 0.2) is 0 Å². The molecule has 0 fully saturated rings. The lowest BCUT2D eigenvalue weighted by molar-refractivity contribution is -0.153. The number of esters is 1. The molecule has 12 heteroatoms. The van der Waals surface area contributed by atoms with Crippen LogP contribution in [-0.2, 0) is 14.1 Å². The van der Waals surface area contributed by atoms with Crippen LogP contribution in [0.4, 0.5) is 0 Å². The van der Waals surface area contributed by atoms with Gasteiger partial charge in [0, 0.05) is 6.42 Å². The molecule has 0 aromatic heterocycles. The van der Waals surface area contributed by atoms with E-state index in [2.05, 4.69) is 6.92 Å². The smallest absolute Gasteiger partial charge is 0.457 e. The molecule has 0 rings (SSSR count). The third-order valence-corrected chi connectivity index (χ3v) is 5.11. The molecule has 0 radical (unpaired) electrons. The van der Waals surface area contributed by atoms with Crippen molar-refractivity contribution in [3.8, 4) is 0 Å². The van der Waals surface area contributed by atoms with Gasteiger partial charge >= 0.3 is 13.8 Å². The minimum Gasteiger partial charge on any atom is -0.457 e. The van der Waals surface area contributed by atoms with Crippen LogP contribution in [0.15, 0.2) is 0 Å². The Hall–Kier alpha value is -0.620. The highest BCUT2D eigenvalue weighted by molar-refractivity contribution is 7.45. The number of carbonyl (C=O) groups excluding carboxylic acids is 1. The Balaban J connectivity index is -0.000000818. The molecule has 0 aromatic carbocycles. The van der Waals surface area contributed by atoms with Crippen molar-refractivity contribution >= 4 is 13.8 Å². The van der Waals surface area contributed by atoms with Gasteiger partial charge in [-0.3, -0.25) is 4.79 Å². The van der Waals surface area contributed by atoms with E-state index in [0.29, 0.717) is 6.42 Å². The van der Waals surface area contributed by atoms with Crippen molar-refractivity contribution in [1.29, 1.82) is 0 Å². The molecule has 0 bridgehead atoms. The van der Waals surface area contributed by atoms with E-state index in [1.54, 1.807) is 0 Å². The Labute approximate surface area is 216 Å². The van der Waals surface area contributed by atoms with E-state index in [4.69, 9.17) is 49.5 Å². The van der Waals surface area contributed by atoms with Crippen LogP contribution in [-0.4, -0.2) is 84.8 Å². The topological polar surface area (TPSA) is 205 Å². The molecular weight excluding hydrogens is 495 g/mol. The zero-order valence-electron chi connectivity index (χ0n) is 22.0. The second-order valence-electron chi connectivity index (χ2n) is 8.71. The molecule has 36 heavy (non-hydrogen) atoms. The van der Waals surface area contributed by atoms with Gasteiger partial charge in [-0.1, -0.05) is 96.8 Å². The molecule has 0 atom stereocenters. The summed E-state index contributed by atoms with van der Waals surface area (Å²) in [5.74, 6) is -0.317. The van der Waals surface area contributed by atoms with Gasteiger partial charge in [0.1, 0.15) is 12.2 Å². The highest BCUT2D eigenvalue weighted by atomic mass is 31.2. The predicted molar refractivity (Wildman–Crippen MR) is 138 cm³/mol. The lowest BCUT2D eigenvalue weighted by Gasteiger charge is -2.12. The van der Waals surface area contributed by atoms with Crippen molar-refractivity contribution in [2.75, 3.05) is 26.4 Å². The Morgan fingerprint density at radius 1 is 0.639 bits per heavy atom. The molecule has 0 aliphatic rings. The number of hydrogen-bond acceptors (Lipinski definition) is 8. The summed E-state index contributed by atoms with van der Waals surface area (Å²) < 4.78 is 13.8. The van der Waals surface area contributed by atoms with Crippen LogP contribution < -0.4 is 0 Å². The average Bonchev–Trinajstić information content (AvgIpc) is 2.83. The second-order valence-corrected chi connectivity index (χ2v) is 9.74. The van der Waals surface area contributed by atoms with E-state index in [1.807, 2.05) is 0 Å². The molecule has 0 aromatic rings. The first kappa shape index (κ1) is 39.9. The van der Waals surface area contributed by atoms with Crippen LogP contribution in [0.1, 0.15) is 110 Å². The minimum absolute atomic E-state index is 0.317. The quantitative estimate of drug-likeness (QED) is 0.0594. The second kappa shape index (κ2) is 30.6. The Bertz CT molecular complexity index is 472. The standard InChI is InChI=1S/C21H42O4.C3H8O3.H3O4P/c1-2-3-4-5-6-7-8-9-10-11-12-13-14-15-16-17-21(24)25-20(18-22)19-23;4-1-3(6)2-5;1-5(2,3)4/h20,22-23H,2-19H2,1H3;3-6H,1-2H2;(H3,1,2,3,4). The normalized spacial score (nSPS) is 11.1. The van der Waals surface area contributed by atoms with Crippen LogP contribution in [0.2, 0.25) is 0 Å². The Morgan fingerprint density at radius 3 is 1.19 bits per heavy atom. The molecule has 0 saturated heterocycles. The summed E-state index contributed by atoms with van der Waals surface area (Å²) in [6.45, 7) is 0.898. The van der Waals surface area contributed by atoms with Gasteiger partial charge in [-0.05, 0) is 6.42 Å². The largest absolute Gasteiger partial charge is 0.466 e. The first-order chi connectivity index (χ1) is 17.0. The van der Waals surface area contributed by atoms with E-state index >= 15 is 0 Å². The summed E-state index contributed by atoms with van der Waals surface area (Å²) in [6.07, 6.45) is 18.2. The van der Waals surface area contributed by atoms with E-state index in [-0.39, 0.29) is 32.4 Å². The number of rotatable bonds is 21. The number of unbranched alkanes of at least 4 members (excludes halogenated alkanes) is 14. The molecule has 8 N–H and O–H groups in total. The highest BCUT2D eigenvalue weighted by Gasteiger charge is 2.11.